The maximum atomic E-state index is 12.3. The fourth-order valence-corrected chi connectivity index (χ4v) is 2.03. The Labute approximate surface area is 115 Å². The first kappa shape index (κ1) is 13.0. The number of halogens is 1. The molecule has 0 unspecified atom stereocenters. The van der Waals surface area contributed by atoms with Crippen LogP contribution < -0.4 is 0 Å². The van der Waals surface area contributed by atoms with Crippen molar-refractivity contribution < 1.29 is 4.79 Å². The highest BCUT2D eigenvalue weighted by Gasteiger charge is 2.12. The van der Waals surface area contributed by atoms with Gasteiger partial charge in [0.1, 0.15) is 0 Å². The Morgan fingerprint density at radius 3 is 2.83 bits per heavy atom. The van der Waals surface area contributed by atoms with Crippen molar-refractivity contribution in [3.63, 3.8) is 0 Å². The topological polar surface area (TPSA) is 34.9 Å². The number of carbonyl (C=O) groups excluding carboxylic acids is 1. The summed E-state index contributed by atoms with van der Waals surface area (Å²) in [6, 6.07) is 5.62. The van der Waals surface area contributed by atoms with Crippen molar-refractivity contribution >= 4 is 21.7 Å². The number of hydrogen-bond donors (Lipinski definition) is 0. The normalized spacial score (nSPS) is 10.6. The Hall–Kier alpha value is -1.42. The third-order valence-electron chi connectivity index (χ3n) is 2.77. The number of hydrogen-bond acceptors (Lipinski definition) is 2. The molecule has 0 amide bonds. The average Bonchev–Trinajstić information content (AvgIpc) is 2.81. The zero-order valence-corrected chi connectivity index (χ0v) is 12.1. The van der Waals surface area contributed by atoms with E-state index >= 15 is 0 Å². The number of ketones is 1. The monoisotopic (exact) mass is 306 g/mol. The van der Waals surface area contributed by atoms with Crippen LogP contribution in [-0.4, -0.2) is 15.6 Å². The Kier molecular flexibility index (Phi) is 3.97. The second-order valence-electron chi connectivity index (χ2n) is 4.29. The average molecular weight is 307 g/mol. The van der Waals surface area contributed by atoms with Gasteiger partial charge in [0.25, 0.3) is 0 Å². The number of nitrogens with zero attached hydrogens (tertiary/aromatic N) is 2. The Bertz CT molecular complexity index is 575. The molecule has 0 aliphatic rings. The molecule has 1 heterocycles. The summed E-state index contributed by atoms with van der Waals surface area (Å²) in [7, 11) is 0. The standard InChI is InChI=1S/C14H15BrN2O/c1-3-6-17-9-12(8-16-17)14(18)11-4-5-13(15)10(2)7-11/h4-5,7-9H,3,6H2,1-2H3. The quantitative estimate of drug-likeness (QED) is 0.809. The molecule has 94 valence electrons. The van der Waals surface area contributed by atoms with Crippen LogP contribution in [0.1, 0.15) is 34.8 Å². The van der Waals surface area contributed by atoms with Gasteiger partial charge in [0.05, 0.1) is 11.8 Å². The third kappa shape index (κ3) is 2.70. The number of aromatic nitrogens is 2. The lowest BCUT2D eigenvalue weighted by atomic mass is 10.0. The first-order valence-electron chi connectivity index (χ1n) is 5.95. The van der Waals surface area contributed by atoms with E-state index in [1.165, 1.54) is 0 Å². The molecule has 1 aromatic heterocycles. The molecule has 2 aromatic rings. The molecule has 3 nitrogen and oxygen atoms in total. The Morgan fingerprint density at radius 1 is 1.39 bits per heavy atom. The molecule has 0 saturated carbocycles. The highest BCUT2D eigenvalue weighted by atomic mass is 79.9. The number of carbonyl (C=O) groups is 1. The van der Waals surface area contributed by atoms with E-state index in [0.717, 1.165) is 23.0 Å². The molecule has 0 fully saturated rings. The molecule has 18 heavy (non-hydrogen) atoms. The summed E-state index contributed by atoms with van der Waals surface area (Å²) in [6.45, 7) is 4.90. The van der Waals surface area contributed by atoms with E-state index in [9.17, 15) is 4.79 Å². The number of rotatable bonds is 4. The summed E-state index contributed by atoms with van der Waals surface area (Å²) in [5.41, 5.74) is 2.40. The van der Waals surface area contributed by atoms with Gasteiger partial charge >= 0.3 is 0 Å². The second kappa shape index (κ2) is 5.48. The third-order valence-corrected chi connectivity index (χ3v) is 3.66. The lowest BCUT2D eigenvalue weighted by Crippen LogP contribution is -2.01. The minimum Gasteiger partial charge on any atom is -0.288 e. The van der Waals surface area contributed by atoms with E-state index in [4.69, 9.17) is 0 Å². The second-order valence-corrected chi connectivity index (χ2v) is 5.14. The SMILES string of the molecule is CCCn1cc(C(=O)c2ccc(Br)c(C)c2)cn1. The molecule has 0 spiro atoms. The van der Waals surface area contributed by atoms with Gasteiger partial charge in [0.2, 0.25) is 0 Å². The zero-order valence-electron chi connectivity index (χ0n) is 10.5. The first-order valence-corrected chi connectivity index (χ1v) is 6.74. The molecule has 0 saturated heterocycles. The summed E-state index contributed by atoms with van der Waals surface area (Å²) in [4.78, 5) is 12.3. The first-order chi connectivity index (χ1) is 8.61. The fourth-order valence-electron chi connectivity index (χ4n) is 1.78. The maximum absolute atomic E-state index is 12.3. The smallest absolute Gasteiger partial charge is 0.196 e. The molecule has 0 bridgehead atoms. The Morgan fingerprint density at radius 2 is 2.17 bits per heavy atom. The van der Waals surface area contributed by atoms with Crippen molar-refractivity contribution in [2.75, 3.05) is 0 Å². The zero-order chi connectivity index (χ0) is 13.1. The number of benzene rings is 1. The van der Waals surface area contributed by atoms with Crippen molar-refractivity contribution in [3.8, 4) is 0 Å². The van der Waals surface area contributed by atoms with Crippen LogP contribution in [0, 0.1) is 6.92 Å². The molecule has 2 rings (SSSR count). The minimum absolute atomic E-state index is 0.0213. The van der Waals surface area contributed by atoms with Crippen LogP contribution in [0.2, 0.25) is 0 Å². The summed E-state index contributed by atoms with van der Waals surface area (Å²) in [6.07, 6.45) is 4.45. The van der Waals surface area contributed by atoms with Crippen LogP contribution in [0.5, 0.6) is 0 Å². The van der Waals surface area contributed by atoms with Gasteiger partial charge in [-0.25, -0.2) is 0 Å². The van der Waals surface area contributed by atoms with E-state index in [1.54, 1.807) is 10.9 Å². The highest BCUT2D eigenvalue weighted by molar-refractivity contribution is 9.10. The lowest BCUT2D eigenvalue weighted by Gasteiger charge is -2.02. The fraction of sp³-hybridized carbons (Fsp3) is 0.286. The van der Waals surface area contributed by atoms with E-state index in [0.29, 0.717) is 11.1 Å². The molecular formula is C14H15BrN2O. The van der Waals surface area contributed by atoms with Gasteiger partial charge in [-0.1, -0.05) is 22.9 Å². The van der Waals surface area contributed by atoms with E-state index < -0.39 is 0 Å². The molecule has 0 aliphatic carbocycles. The van der Waals surface area contributed by atoms with Crippen molar-refractivity contribution in [2.24, 2.45) is 0 Å². The Balaban J connectivity index is 2.26. The van der Waals surface area contributed by atoms with Gasteiger partial charge in [-0.3, -0.25) is 9.48 Å². The minimum atomic E-state index is 0.0213. The van der Waals surface area contributed by atoms with Gasteiger partial charge < -0.3 is 0 Å². The maximum Gasteiger partial charge on any atom is 0.196 e. The van der Waals surface area contributed by atoms with E-state index in [2.05, 4.69) is 28.0 Å². The van der Waals surface area contributed by atoms with Crippen LogP contribution in [0.15, 0.2) is 35.1 Å². The molecule has 0 aliphatic heterocycles. The molecule has 1 aromatic carbocycles. The molecule has 4 heteroatoms. The van der Waals surface area contributed by atoms with Crippen LogP contribution in [-0.2, 0) is 6.54 Å². The lowest BCUT2D eigenvalue weighted by molar-refractivity contribution is 0.103. The molecule has 0 N–H and O–H groups in total. The van der Waals surface area contributed by atoms with Crippen LogP contribution in [0.3, 0.4) is 0 Å². The summed E-state index contributed by atoms with van der Waals surface area (Å²) < 4.78 is 2.82. The molecular weight excluding hydrogens is 292 g/mol. The largest absolute Gasteiger partial charge is 0.288 e. The summed E-state index contributed by atoms with van der Waals surface area (Å²) in [5.74, 6) is 0.0213. The summed E-state index contributed by atoms with van der Waals surface area (Å²) >= 11 is 3.43. The molecule has 0 atom stereocenters. The van der Waals surface area contributed by atoms with Gasteiger partial charge in [0, 0.05) is 22.8 Å². The van der Waals surface area contributed by atoms with Gasteiger partial charge in [-0.2, -0.15) is 5.10 Å². The van der Waals surface area contributed by atoms with Crippen LogP contribution in [0.25, 0.3) is 0 Å². The van der Waals surface area contributed by atoms with Crippen LogP contribution >= 0.6 is 15.9 Å². The van der Waals surface area contributed by atoms with Gasteiger partial charge in [0.15, 0.2) is 5.78 Å². The van der Waals surface area contributed by atoms with Gasteiger partial charge in [-0.15, -0.1) is 0 Å². The van der Waals surface area contributed by atoms with Crippen molar-refractivity contribution in [1.29, 1.82) is 0 Å². The van der Waals surface area contributed by atoms with E-state index in [-0.39, 0.29) is 5.78 Å². The number of aryl methyl sites for hydroxylation is 2. The van der Waals surface area contributed by atoms with Crippen LogP contribution in [0.4, 0.5) is 0 Å². The van der Waals surface area contributed by atoms with Crippen molar-refractivity contribution in [1.82, 2.24) is 9.78 Å². The predicted molar refractivity (Wildman–Crippen MR) is 74.8 cm³/mol. The van der Waals surface area contributed by atoms with Crippen molar-refractivity contribution in [3.05, 3.63) is 51.8 Å². The highest BCUT2D eigenvalue weighted by Crippen LogP contribution is 2.19. The predicted octanol–water partition coefficient (Wildman–Crippen LogP) is 3.60. The molecule has 0 radical (unpaired) electrons. The summed E-state index contributed by atoms with van der Waals surface area (Å²) in [5, 5.41) is 4.18. The van der Waals surface area contributed by atoms with Crippen molar-refractivity contribution in [2.45, 2.75) is 26.8 Å². The van der Waals surface area contributed by atoms with Gasteiger partial charge in [-0.05, 0) is 37.1 Å². The van der Waals surface area contributed by atoms with E-state index in [1.807, 2.05) is 31.3 Å².